The van der Waals surface area contributed by atoms with Crippen molar-refractivity contribution in [3.05, 3.63) is 29.3 Å². The van der Waals surface area contributed by atoms with Gasteiger partial charge in [0.1, 0.15) is 12.1 Å². The smallest absolute Gasteiger partial charge is 0.416 e. The second-order valence-corrected chi connectivity index (χ2v) is 5.84. The zero-order valence-electron chi connectivity index (χ0n) is 12.7. The first-order valence-corrected chi connectivity index (χ1v) is 6.46. The molecule has 0 saturated carbocycles. The quantitative estimate of drug-likeness (QED) is 0.866. The molecule has 7 heteroatoms. The molecule has 0 amide bonds. The van der Waals surface area contributed by atoms with E-state index < -0.39 is 29.2 Å². The van der Waals surface area contributed by atoms with Gasteiger partial charge in [-0.25, -0.2) is 4.79 Å². The number of alkyl halides is 3. The van der Waals surface area contributed by atoms with Gasteiger partial charge in [0.05, 0.1) is 23.9 Å². The van der Waals surface area contributed by atoms with Crippen molar-refractivity contribution in [3.8, 4) is 6.07 Å². The maximum absolute atomic E-state index is 12.7. The average Bonchev–Trinajstić information content (AvgIpc) is 2.41. The molecule has 0 aliphatic rings. The molecule has 1 atom stereocenters. The van der Waals surface area contributed by atoms with Crippen molar-refractivity contribution in [2.75, 3.05) is 12.4 Å². The number of nitrogens with zero attached hydrogens (tertiary/aromatic N) is 1. The minimum Gasteiger partial charge on any atom is -0.467 e. The van der Waals surface area contributed by atoms with Crippen LogP contribution in [0.2, 0.25) is 0 Å². The Morgan fingerprint density at radius 1 is 1.32 bits per heavy atom. The summed E-state index contributed by atoms with van der Waals surface area (Å²) < 4.78 is 42.7. The van der Waals surface area contributed by atoms with E-state index in [1.54, 1.807) is 26.8 Å². The Morgan fingerprint density at radius 3 is 2.32 bits per heavy atom. The Morgan fingerprint density at radius 2 is 1.91 bits per heavy atom. The summed E-state index contributed by atoms with van der Waals surface area (Å²) in [6.07, 6.45) is -4.53. The van der Waals surface area contributed by atoms with Gasteiger partial charge in [0.15, 0.2) is 0 Å². The lowest BCUT2D eigenvalue weighted by Crippen LogP contribution is -2.42. The maximum atomic E-state index is 12.7. The van der Waals surface area contributed by atoms with Crippen LogP contribution in [0.5, 0.6) is 0 Å². The molecule has 0 heterocycles. The third-order valence-electron chi connectivity index (χ3n) is 3.07. The minimum atomic E-state index is -4.53. The van der Waals surface area contributed by atoms with Crippen molar-refractivity contribution >= 4 is 11.7 Å². The fraction of sp³-hybridized carbons (Fsp3) is 0.467. The van der Waals surface area contributed by atoms with E-state index in [4.69, 9.17) is 10.00 Å². The molecule has 1 N–H and O–H groups in total. The van der Waals surface area contributed by atoms with Crippen LogP contribution in [0.4, 0.5) is 18.9 Å². The van der Waals surface area contributed by atoms with Gasteiger partial charge in [-0.3, -0.25) is 0 Å². The summed E-state index contributed by atoms with van der Waals surface area (Å²) in [6, 6.07) is 3.66. The van der Waals surface area contributed by atoms with Crippen LogP contribution < -0.4 is 5.32 Å². The van der Waals surface area contributed by atoms with E-state index in [0.29, 0.717) is 0 Å². The van der Waals surface area contributed by atoms with Gasteiger partial charge in [0, 0.05) is 0 Å². The Labute approximate surface area is 126 Å². The van der Waals surface area contributed by atoms with Gasteiger partial charge in [0.25, 0.3) is 0 Å². The van der Waals surface area contributed by atoms with E-state index in [0.717, 1.165) is 18.2 Å². The lowest BCUT2D eigenvalue weighted by atomic mass is 9.86. The Hall–Kier alpha value is -2.23. The van der Waals surface area contributed by atoms with Gasteiger partial charge in [-0.2, -0.15) is 18.4 Å². The molecule has 0 unspecified atom stereocenters. The second kappa shape index (κ2) is 6.26. The van der Waals surface area contributed by atoms with E-state index in [9.17, 15) is 18.0 Å². The topological polar surface area (TPSA) is 62.1 Å². The first-order chi connectivity index (χ1) is 10.0. The molecular formula is C15H17F3N2O2. The molecular weight excluding hydrogens is 297 g/mol. The maximum Gasteiger partial charge on any atom is 0.416 e. The van der Waals surface area contributed by atoms with Crippen LogP contribution in [0.3, 0.4) is 0 Å². The highest BCUT2D eigenvalue weighted by Crippen LogP contribution is 2.33. The number of carbonyl (C=O) groups is 1. The highest BCUT2D eigenvalue weighted by Gasteiger charge is 2.34. The van der Waals surface area contributed by atoms with E-state index in [-0.39, 0.29) is 11.3 Å². The van der Waals surface area contributed by atoms with E-state index in [1.807, 2.05) is 0 Å². The first kappa shape index (κ1) is 17.8. The van der Waals surface area contributed by atoms with Crippen molar-refractivity contribution in [1.29, 1.82) is 5.26 Å². The summed E-state index contributed by atoms with van der Waals surface area (Å²) in [7, 11) is 1.22. The van der Waals surface area contributed by atoms with Gasteiger partial charge in [0.2, 0.25) is 0 Å². The summed E-state index contributed by atoms with van der Waals surface area (Å²) >= 11 is 0. The predicted octanol–water partition coefficient (Wildman–Crippen LogP) is 3.58. The van der Waals surface area contributed by atoms with Crippen LogP contribution in [0.25, 0.3) is 0 Å². The van der Waals surface area contributed by atoms with Crippen LogP contribution >= 0.6 is 0 Å². The Bertz CT molecular complexity index is 598. The number of methoxy groups -OCH3 is 1. The number of carbonyl (C=O) groups excluding carboxylic acids is 1. The van der Waals surface area contributed by atoms with Gasteiger partial charge in [-0.05, 0) is 23.6 Å². The van der Waals surface area contributed by atoms with Gasteiger partial charge < -0.3 is 10.1 Å². The van der Waals surface area contributed by atoms with Crippen LogP contribution in [-0.4, -0.2) is 19.1 Å². The molecule has 0 aliphatic heterocycles. The fourth-order valence-corrected chi connectivity index (χ4v) is 1.84. The molecule has 1 aromatic carbocycles. The fourth-order valence-electron chi connectivity index (χ4n) is 1.84. The molecule has 0 saturated heterocycles. The van der Waals surface area contributed by atoms with Crippen LogP contribution in [-0.2, 0) is 15.7 Å². The minimum absolute atomic E-state index is 0.154. The normalized spacial score (nSPS) is 13.2. The van der Waals surface area contributed by atoms with Crippen molar-refractivity contribution in [2.45, 2.75) is 33.0 Å². The number of halogens is 3. The number of rotatable bonds is 3. The van der Waals surface area contributed by atoms with Crippen molar-refractivity contribution in [3.63, 3.8) is 0 Å². The van der Waals surface area contributed by atoms with Crippen molar-refractivity contribution in [2.24, 2.45) is 5.41 Å². The number of anilines is 1. The number of nitrogens with one attached hydrogen (secondary N) is 1. The third kappa shape index (κ3) is 4.13. The monoisotopic (exact) mass is 314 g/mol. The summed E-state index contributed by atoms with van der Waals surface area (Å²) in [5, 5.41) is 11.9. The summed E-state index contributed by atoms with van der Waals surface area (Å²) in [6.45, 7) is 5.33. The molecule has 1 rings (SSSR count). The second-order valence-electron chi connectivity index (χ2n) is 5.84. The van der Waals surface area contributed by atoms with Gasteiger partial charge in [-0.1, -0.05) is 20.8 Å². The number of hydrogen-bond acceptors (Lipinski definition) is 4. The molecule has 0 spiro atoms. The molecule has 0 bridgehead atoms. The zero-order valence-corrected chi connectivity index (χ0v) is 12.7. The zero-order chi connectivity index (χ0) is 17.1. The average molecular weight is 314 g/mol. The molecule has 0 radical (unpaired) electrons. The third-order valence-corrected chi connectivity index (χ3v) is 3.07. The molecule has 0 aromatic heterocycles. The Balaban J connectivity index is 3.22. The summed E-state index contributed by atoms with van der Waals surface area (Å²) in [5.41, 5.74) is -1.50. The number of nitriles is 1. The first-order valence-electron chi connectivity index (χ1n) is 6.46. The van der Waals surface area contributed by atoms with E-state index in [1.165, 1.54) is 7.11 Å². The van der Waals surface area contributed by atoms with Crippen molar-refractivity contribution in [1.82, 2.24) is 0 Å². The molecule has 1 aromatic rings. The lowest BCUT2D eigenvalue weighted by Gasteiger charge is -2.30. The van der Waals surface area contributed by atoms with Crippen LogP contribution in [0, 0.1) is 16.7 Å². The predicted molar refractivity (Wildman–Crippen MR) is 75.0 cm³/mol. The lowest BCUT2D eigenvalue weighted by molar-refractivity contribution is -0.144. The van der Waals surface area contributed by atoms with E-state index >= 15 is 0 Å². The molecule has 4 nitrogen and oxygen atoms in total. The number of ether oxygens (including phenoxy) is 1. The largest absolute Gasteiger partial charge is 0.467 e. The van der Waals surface area contributed by atoms with Gasteiger partial charge >= 0.3 is 12.1 Å². The molecule has 0 fully saturated rings. The number of hydrogen-bond donors (Lipinski definition) is 1. The highest BCUT2D eigenvalue weighted by atomic mass is 19.4. The standard InChI is InChI=1S/C15H17F3N2O2/c1-14(2,3)12(13(21)22-4)20-11-6-5-10(15(16,17)18)7-9(11)8-19/h5-7,12,20H,1-4H3/t12-/m0/s1. The van der Waals surface area contributed by atoms with E-state index in [2.05, 4.69) is 5.32 Å². The highest BCUT2D eigenvalue weighted by molar-refractivity contribution is 5.81. The van der Waals surface area contributed by atoms with Crippen molar-refractivity contribution < 1.29 is 22.7 Å². The Kier molecular flexibility index (Phi) is 5.07. The van der Waals surface area contributed by atoms with Crippen LogP contribution in [0.1, 0.15) is 31.9 Å². The molecule has 22 heavy (non-hydrogen) atoms. The van der Waals surface area contributed by atoms with Crippen LogP contribution in [0.15, 0.2) is 18.2 Å². The SMILES string of the molecule is COC(=O)[C@H](Nc1ccc(C(F)(F)F)cc1C#N)C(C)(C)C. The summed E-state index contributed by atoms with van der Waals surface area (Å²) in [4.78, 5) is 11.8. The number of benzene rings is 1. The molecule has 120 valence electrons. The van der Waals surface area contributed by atoms with Gasteiger partial charge in [-0.15, -0.1) is 0 Å². The number of esters is 1. The molecule has 0 aliphatic carbocycles. The summed E-state index contributed by atoms with van der Waals surface area (Å²) in [5.74, 6) is -0.559.